The zero-order chi connectivity index (χ0) is 21.6. The van der Waals surface area contributed by atoms with Gasteiger partial charge in [0, 0.05) is 6.04 Å². The molecule has 1 aromatic rings. The van der Waals surface area contributed by atoms with Gasteiger partial charge in [-0.25, -0.2) is 4.79 Å². The molecule has 3 amide bonds. The molecule has 1 heterocycles. The number of hydrogen-bond acceptors (Lipinski definition) is 5. The van der Waals surface area contributed by atoms with Gasteiger partial charge in [-0.05, 0) is 69.9 Å². The average Bonchev–Trinajstić information content (AvgIpc) is 3.42. The van der Waals surface area contributed by atoms with Gasteiger partial charge in [0.15, 0.2) is 6.10 Å². The van der Waals surface area contributed by atoms with Gasteiger partial charge in [0.05, 0.1) is 11.1 Å². The van der Waals surface area contributed by atoms with Crippen LogP contribution in [0.2, 0.25) is 0 Å². The maximum atomic E-state index is 12.6. The van der Waals surface area contributed by atoms with Crippen molar-refractivity contribution in [2.45, 2.75) is 64.6 Å². The van der Waals surface area contributed by atoms with Crippen LogP contribution < -0.4 is 5.32 Å². The van der Waals surface area contributed by atoms with Crippen LogP contribution in [0, 0.1) is 17.8 Å². The van der Waals surface area contributed by atoms with Gasteiger partial charge in [-0.3, -0.25) is 19.3 Å². The number of rotatable bonds is 6. The fraction of sp³-hybridized carbons (Fsp3) is 0.565. The maximum absolute atomic E-state index is 12.6. The number of ether oxygens (including phenoxy) is 1. The minimum Gasteiger partial charge on any atom is -0.451 e. The van der Waals surface area contributed by atoms with Crippen LogP contribution >= 0.6 is 0 Å². The highest BCUT2D eigenvalue weighted by Crippen LogP contribution is 2.49. The minimum atomic E-state index is -1.12. The molecule has 2 fully saturated rings. The van der Waals surface area contributed by atoms with E-state index < -0.39 is 29.9 Å². The van der Waals surface area contributed by atoms with E-state index in [4.69, 9.17) is 4.74 Å². The number of imide groups is 1. The van der Waals surface area contributed by atoms with Crippen molar-refractivity contribution in [3.63, 3.8) is 0 Å². The topological polar surface area (TPSA) is 92.8 Å². The van der Waals surface area contributed by atoms with Crippen LogP contribution in [-0.2, 0) is 14.3 Å². The third kappa shape index (κ3) is 3.50. The van der Waals surface area contributed by atoms with Gasteiger partial charge < -0.3 is 10.1 Å². The first-order valence-corrected chi connectivity index (χ1v) is 10.8. The summed E-state index contributed by atoms with van der Waals surface area (Å²) in [7, 11) is 0. The van der Waals surface area contributed by atoms with E-state index in [0.717, 1.165) is 17.2 Å². The molecule has 1 aromatic carbocycles. The van der Waals surface area contributed by atoms with Gasteiger partial charge in [0.25, 0.3) is 17.7 Å². The zero-order valence-corrected chi connectivity index (χ0v) is 17.6. The van der Waals surface area contributed by atoms with E-state index in [-0.39, 0.29) is 23.1 Å². The van der Waals surface area contributed by atoms with Gasteiger partial charge in [-0.2, -0.15) is 0 Å². The molecule has 2 aliphatic carbocycles. The van der Waals surface area contributed by atoms with Crippen LogP contribution in [-0.4, -0.2) is 46.8 Å². The normalized spacial score (nSPS) is 27.6. The molecule has 0 aromatic heterocycles. The summed E-state index contributed by atoms with van der Waals surface area (Å²) in [5.74, 6) is -0.239. The second-order valence-corrected chi connectivity index (χ2v) is 8.92. The number of benzene rings is 1. The Balaban J connectivity index is 1.33. The molecule has 0 radical (unpaired) electrons. The molecule has 0 saturated heterocycles. The highest BCUT2D eigenvalue weighted by Gasteiger charge is 2.43. The fourth-order valence-electron chi connectivity index (χ4n) is 5.35. The summed E-state index contributed by atoms with van der Waals surface area (Å²) >= 11 is 0. The first kappa shape index (κ1) is 20.6. The molecule has 7 nitrogen and oxygen atoms in total. The predicted molar refractivity (Wildman–Crippen MR) is 109 cm³/mol. The number of nitrogens with one attached hydrogen (secondary N) is 1. The van der Waals surface area contributed by atoms with Crippen LogP contribution in [0.25, 0.3) is 0 Å². The summed E-state index contributed by atoms with van der Waals surface area (Å²) in [5, 5.41) is 2.99. The molecule has 1 N–H and O–H groups in total. The lowest BCUT2D eigenvalue weighted by molar-refractivity contribution is -0.158. The van der Waals surface area contributed by atoms with Gasteiger partial charge in [0.2, 0.25) is 0 Å². The Kier molecular flexibility index (Phi) is 5.38. The molecule has 2 bridgehead atoms. The van der Waals surface area contributed by atoms with Crippen molar-refractivity contribution < 1.29 is 23.9 Å². The largest absolute Gasteiger partial charge is 0.451 e. The van der Waals surface area contributed by atoms with Crippen molar-refractivity contribution in [1.82, 2.24) is 10.2 Å². The lowest BCUT2D eigenvalue weighted by Gasteiger charge is -2.29. The predicted octanol–water partition coefficient (Wildman–Crippen LogP) is 2.54. The van der Waals surface area contributed by atoms with E-state index in [1.54, 1.807) is 24.3 Å². The number of carbonyl (C=O) groups is 4. The number of nitrogens with zero attached hydrogens (tertiary/aromatic N) is 1. The third-order valence-electron chi connectivity index (χ3n) is 7.02. The summed E-state index contributed by atoms with van der Waals surface area (Å²) in [4.78, 5) is 51.1. The van der Waals surface area contributed by atoms with Gasteiger partial charge in [-0.1, -0.05) is 18.6 Å². The SMILES string of the molecule is C[C@H](OC(=O)[C@H](C)N1C(=O)c2ccccc2C1=O)C(=O)N[C@H](C)[C@H]1C[C@H]2CC[C@H]1C2. The molecule has 3 aliphatic rings. The first-order valence-electron chi connectivity index (χ1n) is 10.8. The Morgan fingerprint density at radius 3 is 2.20 bits per heavy atom. The Bertz CT molecular complexity index is 862. The smallest absolute Gasteiger partial charge is 0.329 e. The highest BCUT2D eigenvalue weighted by molar-refractivity contribution is 6.22. The van der Waals surface area contributed by atoms with Crippen LogP contribution in [0.1, 0.15) is 67.2 Å². The number of amides is 3. The van der Waals surface area contributed by atoms with Crippen molar-refractivity contribution in [3.8, 4) is 0 Å². The van der Waals surface area contributed by atoms with E-state index in [1.807, 2.05) is 6.92 Å². The van der Waals surface area contributed by atoms with Gasteiger partial charge >= 0.3 is 5.97 Å². The molecule has 0 spiro atoms. The van der Waals surface area contributed by atoms with Crippen LogP contribution in [0.4, 0.5) is 0 Å². The highest BCUT2D eigenvalue weighted by atomic mass is 16.5. The van der Waals surface area contributed by atoms with Crippen molar-refractivity contribution in [3.05, 3.63) is 35.4 Å². The molecule has 7 heteroatoms. The Morgan fingerprint density at radius 1 is 1.03 bits per heavy atom. The lowest BCUT2D eigenvalue weighted by atomic mass is 9.84. The summed E-state index contributed by atoms with van der Waals surface area (Å²) in [5.41, 5.74) is 0.542. The van der Waals surface area contributed by atoms with Crippen LogP contribution in [0.5, 0.6) is 0 Å². The van der Waals surface area contributed by atoms with Crippen molar-refractivity contribution >= 4 is 23.7 Å². The molecule has 1 aliphatic heterocycles. The van der Waals surface area contributed by atoms with E-state index in [2.05, 4.69) is 5.32 Å². The first-order chi connectivity index (χ1) is 14.3. The molecule has 160 valence electrons. The molecule has 2 saturated carbocycles. The monoisotopic (exact) mass is 412 g/mol. The van der Waals surface area contributed by atoms with E-state index in [1.165, 1.54) is 33.1 Å². The Labute approximate surface area is 176 Å². The third-order valence-corrected chi connectivity index (χ3v) is 7.02. The van der Waals surface area contributed by atoms with Crippen molar-refractivity contribution in [2.75, 3.05) is 0 Å². The lowest BCUT2D eigenvalue weighted by Crippen LogP contribution is -2.48. The van der Waals surface area contributed by atoms with Crippen LogP contribution in [0.3, 0.4) is 0 Å². The number of hydrogen-bond donors (Lipinski definition) is 1. The number of carbonyl (C=O) groups excluding carboxylic acids is 4. The summed E-state index contributed by atoms with van der Waals surface area (Å²) < 4.78 is 5.31. The molecule has 6 atom stereocenters. The maximum Gasteiger partial charge on any atom is 0.329 e. The van der Waals surface area contributed by atoms with Crippen molar-refractivity contribution in [1.29, 1.82) is 0 Å². The van der Waals surface area contributed by atoms with E-state index in [0.29, 0.717) is 11.8 Å². The van der Waals surface area contributed by atoms with Crippen LogP contribution in [0.15, 0.2) is 24.3 Å². The fourth-order valence-corrected chi connectivity index (χ4v) is 5.35. The second kappa shape index (κ2) is 7.85. The molecule has 30 heavy (non-hydrogen) atoms. The van der Waals surface area contributed by atoms with E-state index in [9.17, 15) is 19.2 Å². The molecule has 4 rings (SSSR count). The summed E-state index contributed by atoms with van der Waals surface area (Å²) in [6.45, 7) is 4.96. The Morgan fingerprint density at radius 2 is 1.67 bits per heavy atom. The molecular formula is C23H28N2O5. The number of fused-ring (bicyclic) bond motifs is 3. The van der Waals surface area contributed by atoms with Gasteiger partial charge in [0.1, 0.15) is 6.04 Å². The van der Waals surface area contributed by atoms with Gasteiger partial charge in [-0.15, -0.1) is 0 Å². The van der Waals surface area contributed by atoms with E-state index >= 15 is 0 Å². The summed E-state index contributed by atoms with van der Waals surface area (Å²) in [6, 6.07) is 5.36. The standard InChI is InChI=1S/C23H28N2O5/c1-12(19-11-15-8-9-16(19)10-15)24-20(26)14(3)30-23(29)13(2)25-21(27)17-6-4-5-7-18(17)22(25)28/h4-7,12-16,19H,8-11H2,1-3H3,(H,24,26)/t12-,13+,14+,15+,16+,19-/m1/s1. The quantitative estimate of drug-likeness (QED) is 0.573. The number of esters is 1. The molecular weight excluding hydrogens is 384 g/mol. The minimum absolute atomic E-state index is 0.0302. The van der Waals surface area contributed by atoms with Crippen molar-refractivity contribution in [2.24, 2.45) is 17.8 Å². The average molecular weight is 412 g/mol. The Hall–Kier alpha value is -2.70. The second-order valence-electron chi connectivity index (χ2n) is 8.92. The zero-order valence-electron chi connectivity index (χ0n) is 17.6. The molecule has 0 unspecified atom stereocenters. The summed E-state index contributed by atoms with van der Waals surface area (Å²) in [6.07, 6.45) is 3.93.